The molecule has 0 saturated carbocycles. The molecule has 0 aromatic heterocycles. The molecule has 0 aliphatic heterocycles. The molecule has 1 rings (SSSR count). The topological polar surface area (TPSA) is 70.2 Å². The fourth-order valence-corrected chi connectivity index (χ4v) is 1.67. The highest BCUT2D eigenvalue weighted by Gasteiger charge is 2.05. The Bertz CT molecular complexity index is 484. The van der Waals surface area contributed by atoms with E-state index in [4.69, 9.17) is 0 Å². The van der Waals surface area contributed by atoms with Crippen LogP contribution in [0.25, 0.3) is 0 Å². The van der Waals surface area contributed by atoms with Gasteiger partial charge in [-0.15, -0.1) is 0 Å². The number of carbonyl (C=O) groups excluding carboxylic acids is 2. The van der Waals surface area contributed by atoms with E-state index in [1.807, 2.05) is 19.1 Å². The van der Waals surface area contributed by atoms with Crippen molar-refractivity contribution in [2.24, 2.45) is 5.92 Å². The van der Waals surface area contributed by atoms with Gasteiger partial charge in [-0.3, -0.25) is 4.79 Å². The van der Waals surface area contributed by atoms with Crippen molar-refractivity contribution in [1.29, 1.82) is 0 Å². The molecule has 0 spiro atoms. The molecule has 5 heteroatoms. The van der Waals surface area contributed by atoms with Crippen molar-refractivity contribution >= 4 is 23.3 Å². The third kappa shape index (κ3) is 5.73. The van der Waals surface area contributed by atoms with Gasteiger partial charge in [-0.1, -0.05) is 19.9 Å². The van der Waals surface area contributed by atoms with E-state index in [-0.39, 0.29) is 11.9 Å². The minimum atomic E-state index is -0.233. The van der Waals surface area contributed by atoms with Gasteiger partial charge in [0.05, 0.1) is 0 Å². The minimum Gasteiger partial charge on any atom is -0.338 e. The Morgan fingerprint density at radius 3 is 2.50 bits per heavy atom. The second kappa shape index (κ2) is 7.53. The third-order valence-corrected chi connectivity index (χ3v) is 2.81. The molecule has 1 aromatic carbocycles. The molecule has 3 amide bonds. The number of carbonyl (C=O) groups is 2. The quantitative estimate of drug-likeness (QED) is 0.774. The van der Waals surface area contributed by atoms with E-state index in [0.717, 1.165) is 12.0 Å². The maximum absolute atomic E-state index is 11.7. The van der Waals surface area contributed by atoms with Crippen molar-refractivity contribution in [3.63, 3.8) is 0 Å². The maximum atomic E-state index is 11.7. The summed E-state index contributed by atoms with van der Waals surface area (Å²) in [5, 5.41) is 8.29. The molecular formula is C15H23N3O2. The summed E-state index contributed by atoms with van der Waals surface area (Å²) in [5.41, 5.74) is 2.31. The highest BCUT2D eigenvalue weighted by molar-refractivity contribution is 5.93. The summed E-state index contributed by atoms with van der Waals surface area (Å²) in [6.07, 6.45) is 0.943. The van der Waals surface area contributed by atoms with E-state index in [2.05, 4.69) is 29.8 Å². The summed E-state index contributed by atoms with van der Waals surface area (Å²) < 4.78 is 0. The summed E-state index contributed by atoms with van der Waals surface area (Å²) >= 11 is 0. The van der Waals surface area contributed by atoms with Crippen LogP contribution in [-0.4, -0.2) is 18.5 Å². The highest BCUT2D eigenvalue weighted by Crippen LogP contribution is 2.20. The standard InChI is InChI=1S/C15H23N3O2/c1-10(2)7-8-16-15(20)18-13-6-5-11(3)14(9-13)17-12(4)19/h5-6,9-10H,7-8H2,1-4H3,(H,17,19)(H2,16,18,20). The molecule has 5 nitrogen and oxygen atoms in total. The first kappa shape index (κ1) is 16.0. The number of nitrogens with one attached hydrogen (secondary N) is 3. The molecule has 20 heavy (non-hydrogen) atoms. The van der Waals surface area contributed by atoms with E-state index in [0.29, 0.717) is 23.8 Å². The van der Waals surface area contributed by atoms with Crippen molar-refractivity contribution in [3.05, 3.63) is 23.8 Å². The van der Waals surface area contributed by atoms with Gasteiger partial charge in [-0.05, 0) is 37.0 Å². The van der Waals surface area contributed by atoms with Crippen LogP contribution in [0.1, 0.15) is 32.8 Å². The zero-order chi connectivity index (χ0) is 15.1. The lowest BCUT2D eigenvalue weighted by atomic mass is 10.1. The maximum Gasteiger partial charge on any atom is 0.319 e. The summed E-state index contributed by atoms with van der Waals surface area (Å²) in [4.78, 5) is 22.8. The zero-order valence-electron chi connectivity index (χ0n) is 12.5. The Balaban J connectivity index is 2.59. The lowest BCUT2D eigenvalue weighted by molar-refractivity contribution is -0.114. The number of rotatable bonds is 5. The molecule has 1 aromatic rings. The van der Waals surface area contributed by atoms with Crippen molar-refractivity contribution in [1.82, 2.24) is 5.32 Å². The average molecular weight is 277 g/mol. The Morgan fingerprint density at radius 2 is 1.90 bits per heavy atom. The lowest BCUT2D eigenvalue weighted by Crippen LogP contribution is -2.30. The van der Waals surface area contributed by atoms with E-state index in [1.165, 1.54) is 6.92 Å². The summed E-state index contributed by atoms with van der Waals surface area (Å²) in [5.74, 6) is 0.424. The molecule has 0 atom stereocenters. The summed E-state index contributed by atoms with van der Waals surface area (Å²) in [6.45, 7) is 8.22. The van der Waals surface area contributed by atoms with Gasteiger partial charge in [-0.2, -0.15) is 0 Å². The first-order chi connectivity index (χ1) is 9.38. The average Bonchev–Trinajstić information content (AvgIpc) is 2.32. The van der Waals surface area contributed by atoms with Gasteiger partial charge < -0.3 is 16.0 Å². The number of amides is 3. The van der Waals surface area contributed by atoms with Crippen LogP contribution in [0.2, 0.25) is 0 Å². The van der Waals surface area contributed by atoms with Crippen LogP contribution in [0.15, 0.2) is 18.2 Å². The second-order valence-corrected chi connectivity index (χ2v) is 5.27. The van der Waals surface area contributed by atoms with Crippen LogP contribution in [0.4, 0.5) is 16.2 Å². The molecule has 0 saturated heterocycles. The van der Waals surface area contributed by atoms with Crippen molar-refractivity contribution in [2.75, 3.05) is 17.2 Å². The molecule has 0 unspecified atom stereocenters. The summed E-state index contributed by atoms with van der Waals surface area (Å²) in [7, 11) is 0. The van der Waals surface area contributed by atoms with Crippen molar-refractivity contribution < 1.29 is 9.59 Å². The Morgan fingerprint density at radius 1 is 1.20 bits per heavy atom. The molecule has 0 heterocycles. The smallest absolute Gasteiger partial charge is 0.319 e. The third-order valence-electron chi connectivity index (χ3n) is 2.81. The van der Waals surface area contributed by atoms with Crippen molar-refractivity contribution in [3.8, 4) is 0 Å². The monoisotopic (exact) mass is 277 g/mol. The van der Waals surface area contributed by atoms with E-state index in [1.54, 1.807) is 6.07 Å². The molecule has 0 aliphatic rings. The van der Waals surface area contributed by atoms with Crippen LogP contribution in [0.3, 0.4) is 0 Å². The number of anilines is 2. The molecule has 110 valence electrons. The number of benzene rings is 1. The highest BCUT2D eigenvalue weighted by atomic mass is 16.2. The number of urea groups is 1. The van der Waals surface area contributed by atoms with E-state index in [9.17, 15) is 9.59 Å². The Hall–Kier alpha value is -2.04. The number of aryl methyl sites for hydroxylation is 1. The Labute approximate surface area is 120 Å². The molecular weight excluding hydrogens is 254 g/mol. The van der Waals surface area contributed by atoms with Gasteiger partial charge in [0.1, 0.15) is 0 Å². The van der Waals surface area contributed by atoms with Crippen molar-refractivity contribution in [2.45, 2.75) is 34.1 Å². The molecule has 3 N–H and O–H groups in total. The second-order valence-electron chi connectivity index (χ2n) is 5.27. The van der Waals surface area contributed by atoms with Gasteiger partial charge in [0, 0.05) is 24.8 Å². The number of hydrogen-bond acceptors (Lipinski definition) is 2. The number of hydrogen-bond donors (Lipinski definition) is 3. The van der Waals surface area contributed by atoms with Crippen LogP contribution in [-0.2, 0) is 4.79 Å². The molecule has 0 fully saturated rings. The van der Waals surface area contributed by atoms with Crippen LogP contribution in [0.5, 0.6) is 0 Å². The van der Waals surface area contributed by atoms with Gasteiger partial charge in [0.2, 0.25) is 5.91 Å². The lowest BCUT2D eigenvalue weighted by Gasteiger charge is -2.12. The molecule has 0 radical (unpaired) electrons. The van der Waals surface area contributed by atoms with Gasteiger partial charge in [0.15, 0.2) is 0 Å². The SMILES string of the molecule is CC(=O)Nc1cc(NC(=O)NCCC(C)C)ccc1C. The van der Waals surface area contributed by atoms with Crippen LogP contribution in [0, 0.1) is 12.8 Å². The fourth-order valence-electron chi connectivity index (χ4n) is 1.67. The van der Waals surface area contributed by atoms with Crippen LogP contribution < -0.4 is 16.0 Å². The van der Waals surface area contributed by atoms with Gasteiger partial charge in [0.25, 0.3) is 0 Å². The minimum absolute atomic E-state index is 0.133. The van der Waals surface area contributed by atoms with Gasteiger partial charge in [-0.25, -0.2) is 4.79 Å². The predicted octanol–water partition coefficient (Wildman–Crippen LogP) is 3.12. The predicted molar refractivity (Wildman–Crippen MR) is 82.0 cm³/mol. The first-order valence-electron chi connectivity index (χ1n) is 6.81. The largest absolute Gasteiger partial charge is 0.338 e. The zero-order valence-corrected chi connectivity index (χ0v) is 12.5. The molecule has 0 bridgehead atoms. The first-order valence-corrected chi connectivity index (χ1v) is 6.81. The molecule has 0 aliphatic carbocycles. The van der Waals surface area contributed by atoms with Crippen LogP contribution >= 0.6 is 0 Å². The normalized spacial score (nSPS) is 10.2. The van der Waals surface area contributed by atoms with E-state index < -0.39 is 0 Å². The van der Waals surface area contributed by atoms with E-state index >= 15 is 0 Å². The summed E-state index contributed by atoms with van der Waals surface area (Å²) in [6, 6.07) is 5.18. The fraction of sp³-hybridized carbons (Fsp3) is 0.467. The Kier molecular flexibility index (Phi) is 6.03. The van der Waals surface area contributed by atoms with Gasteiger partial charge >= 0.3 is 6.03 Å².